The maximum Gasteiger partial charge on any atom is 0.315 e. The van der Waals surface area contributed by atoms with Crippen LogP contribution in [0.4, 0.5) is 4.79 Å². The highest BCUT2D eigenvalue weighted by molar-refractivity contribution is 7.89. The first-order valence-corrected chi connectivity index (χ1v) is 13.4. The predicted molar refractivity (Wildman–Crippen MR) is 131 cm³/mol. The van der Waals surface area contributed by atoms with E-state index in [0.717, 1.165) is 25.1 Å². The minimum absolute atomic E-state index is 0.213. The highest BCUT2D eigenvalue weighted by atomic mass is 32.2. The van der Waals surface area contributed by atoms with Crippen LogP contribution in [0.25, 0.3) is 0 Å². The zero-order valence-electron chi connectivity index (χ0n) is 19.5. The fourth-order valence-corrected chi connectivity index (χ4v) is 5.90. The Balaban J connectivity index is 1.24. The Morgan fingerprint density at radius 2 is 1.65 bits per heavy atom. The van der Waals surface area contributed by atoms with Crippen LogP contribution in [0.15, 0.2) is 59.5 Å². The number of amides is 2. The van der Waals surface area contributed by atoms with Crippen molar-refractivity contribution in [3.05, 3.63) is 65.7 Å². The molecule has 0 aliphatic carbocycles. The van der Waals surface area contributed by atoms with Gasteiger partial charge in [0.05, 0.1) is 18.1 Å². The number of nitrogens with zero attached hydrogens (tertiary/aromatic N) is 2. The summed E-state index contributed by atoms with van der Waals surface area (Å²) in [5.41, 5.74) is 2.14. The van der Waals surface area contributed by atoms with E-state index in [2.05, 4.69) is 39.8 Å². The zero-order valence-corrected chi connectivity index (χ0v) is 20.3. The first-order valence-electron chi connectivity index (χ1n) is 12.0. The van der Waals surface area contributed by atoms with Crippen molar-refractivity contribution in [3.63, 3.8) is 0 Å². The number of morpholine rings is 1. The molecule has 2 N–H and O–H groups in total. The second kappa shape index (κ2) is 11.8. The lowest BCUT2D eigenvalue weighted by Crippen LogP contribution is -2.48. The van der Waals surface area contributed by atoms with Gasteiger partial charge in [-0.05, 0) is 42.6 Å². The summed E-state index contributed by atoms with van der Waals surface area (Å²) in [6, 6.07) is 17.2. The molecule has 0 spiro atoms. The van der Waals surface area contributed by atoms with Crippen molar-refractivity contribution >= 4 is 16.1 Å². The Bertz CT molecular complexity index is 1020. The second-order valence-electron chi connectivity index (χ2n) is 8.83. The van der Waals surface area contributed by atoms with Gasteiger partial charge in [0.2, 0.25) is 10.0 Å². The second-order valence-corrected chi connectivity index (χ2v) is 10.8. The van der Waals surface area contributed by atoms with Gasteiger partial charge in [-0.15, -0.1) is 0 Å². The maximum absolute atomic E-state index is 12.7. The predicted octanol–water partition coefficient (Wildman–Crippen LogP) is 2.56. The van der Waals surface area contributed by atoms with Crippen LogP contribution < -0.4 is 10.6 Å². The quantitative estimate of drug-likeness (QED) is 0.599. The first kappa shape index (κ1) is 24.7. The number of hydrogen-bond donors (Lipinski definition) is 2. The van der Waals surface area contributed by atoms with Gasteiger partial charge < -0.3 is 15.4 Å². The molecule has 0 aromatic heterocycles. The number of carbonyl (C=O) groups excluding carboxylic acids is 1. The van der Waals surface area contributed by atoms with Crippen molar-refractivity contribution in [1.82, 2.24) is 19.8 Å². The highest BCUT2D eigenvalue weighted by Gasteiger charge is 2.26. The summed E-state index contributed by atoms with van der Waals surface area (Å²) in [4.78, 5) is 15.1. The van der Waals surface area contributed by atoms with E-state index in [4.69, 9.17) is 4.74 Å². The largest absolute Gasteiger partial charge is 0.379 e. The molecule has 2 saturated heterocycles. The lowest BCUT2D eigenvalue weighted by atomic mass is 10.0. The molecule has 34 heavy (non-hydrogen) atoms. The highest BCUT2D eigenvalue weighted by Crippen LogP contribution is 2.20. The van der Waals surface area contributed by atoms with Gasteiger partial charge in [-0.2, -0.15) is 4.31 Å². The molecule has 0 radical (unpaired) electrons. The lowest BCUT2D eigenvalue weighted by molar-refractivity contribution is 0.0730. The monoisotopic (exact) mass is 486 g/mol. The number of likely N-dealkylation sites (tertiary alicyclic amines) is 1. The van der Waals surface area contributed by atoms with Gasteiger partial charge in [-0.25, -0.2) is 13.2 Å². The van der Waals surface area contributed by atoms with Crippen LogP contribution in [0.5, 0.6) is 0 Å². The van der Waals surface area contributed by atoms with Gasteiger partial charge >= 0.3 is 6.03 Å². The lowest BCUT2D eigenvalue weighted by Gasteiger charge is -2.35. The van der Waals surface area contributed by atoms with Gasteiger partial charge in [-0.1, -0.05) is 48.9 Å². The van der Waals surface area contributed by atoms with Crippen LogP contribution in [0, 0.1) is 0 Å². The van der Waals surface area contributed by atoms with Crippen molar-refractivity contribution in [2.75, 3.05) is 39.4 Å². The van der Waals surface area contributed by atoms with E-state index in [9.17, 15) is 13.2 Å². The van der Waals surface area contributed by atoms with Crippen molar-refractivity contribution in [2.24, 2.45) is 0 Å². The first-order chi connectivity index (χ1) is 16.5. The fraction of sp³-hybridized carbons (Fsp3) is 0.480. The molecule has 4 rings (SSSR count). The van der Waals surface area contributed by atoms with Crippen LogP contribution in [0.3, 0.4) is 0 Å². The minimum Gasteiger partial charge on any atom is -0.379 e. The van der Waals surface area contributed by atoms with E-state index >= 15 is 0 Å². The fourth-order valence-electron chi connectivity index (χ4n) is 4.49. The number of nitrogens with one attached hydrogen (secondary N) is 2. The van der Waals surface area contributed by atoms with Crippen LogP contribution in [0.2, 0.25) is 0 Å². The molecule has 0 bridgehead atoms. The van der Waals surface area contributed by atoms with E-state index in [1.165, 1.54) is 22.7 Å². The zero-order chi connectivity index (χ0) is 23.8. The minimum atomic E-state index is -3.51. The van der Waals surface area contributed by atoms with Crippen molar-refractivity contribution < 1.29 is 17.9 Å². The molecular weight excluding hydrogens is 452 g/mol. The number of benzene rings is 2. The summed E-state index contributed by atoms with van der Waals surface area (Å²) in [6.45, 7) is 4.46. The number of ether oxygens (including phenoxy) is 1. The van der Waals surface area contributed by atoms with Crippen molar-refractivity contribution in [2.45, 2.75) is 43.3 Å². The summed E-state index contributed by atoms with van der Waals surface area (Å²) in [6.07, 6.45) is 3.44. The van der Waals surface area contributed by atoms with Crippen LogP contribution >= 0.6 is 0 Å². The van der Waals surface area contributed by atoms with Crippen LogP contribution in [0.1, 0.15) is 30.4 Å². The molecule has 184 valence electrons. The summed E-state index contributed by atoms with van der Waals surface area (Å²) in [5.74, 6) is 0. The maximum atomic E-state index is 12.7. The topological polar surface area (TPSA) is 91.0 Å². The number of piperidine rings is 1. The third kappa shape index (κ3) is 6.56. The van der Waals surface area contributed by atoms with Gasteiger partial charge in [0.1, 0.15) is 0 Å². The van der Waals surface area contributed by atoms with Crippen molar-refractivity contribution in [1.29, 1.82) is 0 Å². The molecule has 0 unspecified atom stereocenters. The number of hydrogen-bond acceptors (Lipinski definition) is 5. The molecular formula is C25H34N4O4S. The van der Waals surface area contributed by atoms with E-state index in [1.54, 1.807) is 24.3 Å². The molecule has 2 aliphatic rings. The Morgan fingerprint density at radius 3 is 2.38 bits per heavy atom. The average Bonchev–Trinajstić information content (AvgIpc) is 2.88. The Hall–Kier alpha value is -2.46. The van der Waals surface area contributed by atoms with E-state index in [0.29, 0.717) is 45.4 Å². The third-order valence-electron chi connectivity index (χ3n) is 6.46. The third-order valence-corrected chi connectivity index (χ3v) is 8.37. The molecule has 2 fully saturated rings. The van der Waals surface area contributed by atoms with Gasteiger partial charge in [0.15, 0.2) is 0 Å². The molecule has 2 amide bonds. The van der Waals surface area contributed by atoms with Crippen LogP contribution in [-0.2, 0) is 27.8 Å². The number of carbonyl (C=O) groups is 1. The molecule has 9 heteroatoms. The molecule has 2 aromatic carbocycles. The SMILES string of the molecule is O=C(NCc1ccc(S(=O)(=O)N2CCOCC2)cc1)NC[C@H]1CCCCN1Cc1ccccc1. The number of rotatable bonds is 8. The molecule has 1 atom stereocenters. The average molecular weight is 487 g/mol. The Labute approximate surface area is 202 Å². The summed E-state index contributed by atoms with van der Waals surface area (Å²) < 4.78 is 32.1. The van der Waals surface area contributed by atoms with E-state index in [1.807, 2.05) is 6.07 Å². The Morgan fingerprint density at radius 1 is 0.912 bits per heavy atom. The smallest absolute Gasteiger partial charge is 0.315 e. The molecule has 2 heterocycles. The van der Waals surface area contributed by atoms with Crippen LogP contribution in [-0.4, -0.2) is 69.1 Å². The van der Waals surface area contributed by atoms with Gasteiger partial charge in [-0.3, -0.25) is 4.90 Å². The van der Waals surface area contributed by atoms with E-state index < -0.39 is 10.0 Å². The molecule has 2 aliphatic heterocycles. The number of urea groups is 1. The standard InChI is InChI=1S/C25H34N4O4S/c30-25(27-19-23-8-4-5-13-28(23)20-22-6-2-1-3-7-22)26-18-21-9-11-24(12-10-21)34(31,32)29-14-16-33-17-15-29/h1-3,6-7,9-12,23H,4-5,8,13-20H2,(H2,26,27,30)/t23-/m1/s1. The summed E-state index contributed by atoms with van der Waals surface area (Å²) >= 11 is 0. The normalized spacial score (nSPS) is 20.1. The summed E-state index contributed by atoms with van der Waals surface area (Å²) in [7, 11) is -3.51. The van der Waals surface area contributed by atoms with Crippen molar-refractivity contribution in [3.8, 4) is 0 Å². The van der Waals surface area contributed by atoms with E-state index in [-0.39, 0.29) is 10.9 Å². The molecule has 2 aromatic rings. The number of sulfonamides is 1. The van der Waals surface area contributed by atoms with Gasteiger partial charge in [0.25, 0.3) is 0 Å². The Kier molecular flexibility index (Phi) is 8.55. The van der Waals surface area contributed by atoms with Gasteiger partial charge in [0, 0.05) is 38.8 Å². The molecule has 0 saturated carbocycles. The summed E-state index contributed by atoms with van der Waals surface area (Å²) in [5, 5.41) is 5.89. The molecule has 8 nitrogen and oxygen atoms in total.